The van der Waals surface area contributed by atoms with Crippen LogP contribution in [0.15, 0.2) is 30.3 Å². The Morgan fingerprint density at radius 2 is 1.92 bits per heavy atom. The molecular weight excluding hydrogens is 160 g/mol. The summed E-state index contributed by atoms with van der Waals surface area (Å²) in [4.78, 5) is 0. The highest BCUT2D eigenvalue weighted by Crippen LogP contribution is 2.20. The van der Waals surface area contributed by atoms with Crippen molar-refractivity contribution in [2.75, 3.05) is 19.6 Å². The molecule has 1 aliphatic heterocycles. The van der Waals surface area contributed by atoms with Crippen LogP contribution >= 0.6 is 0 Å². The third kappa shape index (κ3) is 1.74. The van der Waals surface area contributed by atoms with Gasteiger partial charge in [0.05, 0.1) is 5.54 Å². The molecule has 0 amide bonds. The van der Waals surface area contributed by atoms with Crippen molar-refractivity contribution in [3.8, 4) is 0 Å². The zero-order valence-corrected chi connectivity index (χ0v) is 8.01. The van der Waals surface area contributed by atoms with Gasteiger partial charge in [0.2, 0.25) is 0 Å². The van der Waals surface area contributed by atoms with Gasteiger partial charge >= 0.3 is 0 Å². The van der Waals surface area contributed by atoms with Crippen LogP contribution in [-0.4, -0.2) is 19.6 Å². The largest absolute Gasteiger partial charge is 0.313 e. The van der Waals surface area contributed by atoms with Crippen LogP contribution in [0.5, 0.6) is 0 Å². The molecule has 0 unspecified atom stereocenters. The second kappa shape index (κ2) is 3.48. The van der Waals surface area contributed by atoms with Gasteiger partial charge in [-0.2, -0.15) is 0 Å². The van der Waals surface area contributed by atoms with Gasteiger partial charge in [-0.05, 0) is 12.5 Å². The van der Waals surface area contributed by atoms with E-state index in [1.54, 1.807) is 0 Å². The molecule has 0 radical (unpaired) electrons. The predicted octanol–water partition coefficient (Wildman–Crippen LogP) is 1.09. The number of piperazine rings is 1. The van der Waals surface area contributed by atoms with Crippen molar-refractivity contribution in [1.82, 2.24) is 10.6 Å². The molecule has 2 heteroatoms. The van der Waals surface area contributed by atoms with Gasteiger partial charge in [0.15, 0.2) is 0 Å². The number of nitrogens with one attached hydrogen (secondary N) is 2. The van der Waals surface area contributed by atoms with E-state index >= 15 is 0 Å². The molecule has 1 fully saturated rings. The molecule has 0 aliphatic carbocycles. The van der Waals surface area contributed by atoms with Crippen LogP contribution in [0.25, 0.3) is 0 Å². The van der Waals surface area contributed by atoms with Crippen LogP contribution in [-0.2, 0) is 5.54 Å². The van der Waals surface area contributed by atoms with E-state index in [2.05, 4.69) is 47.9 Å². The van der Waals surface area contributed by atoms with E-state index in [1.807, 2.05) is 0 Å². The normalized spacial score (nSPS) is 28.7. The quantitative estimate of drug-likeness (QED) is 0.669. The Labute approximate surface area is 79.4 Å². The summed E-state index contributed by atoms with van der Waals surface area (Å²) in [5.74, 6) is 0. The monoisotopic (exact) mass is 176 g/mol. The van der Waals surface area contributed by atoms with Gasteiger partial charge in [0.1, 0.15) is 0 Å². The molecule has 0 bridgehead atoms. The van der Waals surface area contributed by atoms with Crippen LogP contribution in [0.4, 0.5) is 0 Å². The zero-order valence-electron chi connectivity index (χ0n) is 8.01. The van der Waals surface area contributed by atoms with Crippen molar-refractivity contribution in [2.24, 2.45) is 0 Å². The molecule has 1 saturated heterocycles. The van der Waals surface area contributed by atoms with E-state index < -0.39 is 0 Å². The van der Waals surface area contributed by atoms with Crippen LogP contribution in [0.1, 0.15) is 12.5 Å². The van der Waals surface area contributed by atoms with E-state index in [9.17, 15) is 0 Å². The molecular formula is C11H16N2. The summed E-state index contributed by atoms with van der Waals surface area (Å²) < 4.78 is 0. The van der Waals surface area contributed by atoms with Gasteiger partial charge in [-0.15, -0.1) is 0 Å². The van der Waals surface area contributed by atoms with E-state index in [0.717, 1.165) is 19.6 Å². The maximum atomic E-state index is 3.55. The number of hydrogen-bond donors (Lipinski definition) is 2. The molecule has 1 atom stereocenters. The van der Waals surface area contributed by atoms with Crippen molar-refractivity contribution in [1.29, 1.82) is 0 Å². The van der Waals surface area contributed by atoms with Crippen LogP contribution in [0, 0.1) is 0 Å². The first kappa shape index (κ1) is 8.73. The predicted molar refractivity (Wildman–Crippen MR) is 54.7 cm³/mol. The Morgan fingerprint density at radius 3 is 2.54 bits per heavy atom. The molecule has 13 heavy (non-hydrogen) atoms. The molecule has 0 spiro atoms. The Kier molecular flexibility index (Phi) is 2.34. The van der Waals surface area contributed by atoms with Crippen molar-refractivity contribution < 1.29 is 0 Å². The number of rotatable bonds is 1. The van der Waals surface area contributed by atoms with Gasteiger partial charge in [-0.3, -0.25) is 0 Å². The minimum atomic E-state index is 0.111. The van der Waals surface area contributed by atoms with E-state index in [4.69, 9.17) is 0 Å². The molecule has 70 valence electrons. The zero-order chi connectivity index (χ0) is 9.15. The van der Waals surface area contributed by atoms with E-state index in [1.165, 1.54) is 5.56 Å². The topological polar surface area (TPSA) is 24.1 Å². The lowest BCUT2D eigenvalue weighted by Gasteiger charge is -2.36. The van der Waals surface area contributed by atoms with Gasteiger partial charge in [-0.25, -0.2) is 0 Å². The fourth-order valence-corrected chi connectivity index (χ4v) is 1.84. The third-order valence-electron chi connectivity index (χ3n) is 2.71. The van der Waals surface area contributed by atoms with Gasteiger partial charge < -0.3 is 10.6 Å². The summed E-state index contributed by atoms with van der Waals surface area (Å²) in [5, 5.41) is 6.96. The molecule has 2 rings (SSSR count). The van der Waals surface area contributed by atoms with Gasteiger partial charge in [0.25, 0.3) is 0 Å². The summed E-state index contributed by atoms with van der Waals surface area (Å²) in [6.07, 6.45) is 0. The lowest BCUT2D eigenvalue weighted by atomic mass is 9.90. The van der Waals surface area contributed by atoms with Crippen LogP contribution in [0.3, 0.4) is 0 Å². The molecule has 1 heterocycles. The van der Waals surface area contributed by atoms with E-state index in [0.29, 0.717) is 0 Å². The average molecular weight is 176 g/mol. The summed E-state index contributed by atoms with van der Waals surface area (Å²) >= 11 is 0. The minimum absolute atomic E-state index is 0.111. The maximum Gasteiger partial charge on any atom is 0.0532 e. The average Bonchev–Trinajstić information content (AvgIpc) is 2.20. The summed E-state index contributed by atoms with van der Waals surface area (Å²) in [7, 11) is 0. The minimum Gasteiger partial charge on any atom is -0.313 e. The highest BCUT2D eigenvalue weighted by atomic mass is 15.1. The Bertz CT molecular complexity index is 263. The highest BCUT2D eigenvalue weighted by molar-refractivity contribution is 5.24. The van der Waals surface area contributed by atoms with Crippen LogP contribution in [0.2, 0.25) is 0 Å². The van der Waals surface area contributed by atoms with E-state index in [-0.39, 0.29) is 5.54 Å². The smallest absolute Gasteiger partial charge is 0.0532 e. The molecule has 2 nitrogen and oxygen atoms in total. The fraction of sp³-hybridized carbons (Fsp3) is 0.455. The van der Waals surface area contributed by atoms with Crippen molar-refractivity contribution >= 4 is 0 Å². The Hall–Kier alpha value is -0.860. The lowest BCUT2D eigenvalue weighted by molar-refractivity contribution is 0.303. The fourth-order valence-electron chi connectivity index (χ4n) is 1.84. The third-order valence-corrected chi connectivity index (χ3v) is 2.71. The number of benzene rings is 1. The molecule has 1 aromatic rings. The Morgan fingerprint density at radius 1 is 1.15 bits per heavy atom. The van der Waals surface area contributed by atoms with Gasteiger partial charge in [-0.1, -0.05) is 30.3 Å². The second-order valence-corrected chi connectivity index (χ2v) is 3.80. The second-order valence-electron chi connectivity index (χ2n) is 3.80. The van der Waals surface area contributed by atoms with Gasteiger partial charge in [0, 0.05) is 19.6 Å². The van der Waals surface area contributed by atoms with Crippen molar-refractivity contribution in [3.63, 3.8) is 0 Å². The molecule has 0 saturated carbocycles. The molecule has 0 aromatic heterocycles. The van der Waals surface area contributed by atoms with Crippen molar-refractivity contribution in [2.45, 2.75) is 12.5 Å². The maximum absolute atomic E-state index is 3.55. The summed E-state index contributed by atoms with van der Waals surface area (Å²) in [6, 6.07) is 10.6. The lowest BCUT2D eigenvalue weighted by Crippen LogP contribution is -2.54. The highest BCUT2D eigenvalue weighted by Gasteiger charge is 2.27. The molecule has 2 N–H and O–H groups in total. The SMILES string of the molecule is C[C@@]1(c2ccccc2)CNCCN1. The number of hydrogen-bond acceptors (Lipinski definition) is 2. The first-order valence-electron chi connectivity index (χ1n) is 4.82. The summed E-state index contributed by atoms with van der Waals surface area (Å²) in [6.45, 7) is 5.37. The Balaban J connectivity index is 2.23. The molecule has 1 aliphatic rings. The van der Waals surface area contributed by atoms with Crippen LogP contribution < -0.4 is 10.6 Å². The van der Waals surface area contributed by atoms with Crippen molar-refractivity contribution in [3.05, 3.63) is 35.9 Å². The first-order chi connectivity index (χ1) is 6.31. The standard InChI is InChI=1S/C11H16N2/c1-11(9-12-7-8-13-11)10-5-3-2-4-6-10/h2-6,12-13H,7-9H2,1H3/t11-/m0/s1. The molecule has 1 aromatic carbocycles. The summed E-state index contributed by atoms with van der Waals surface area (Å²) in [5.41, 5.74) is 1.47. The first-order valence-corrected chi connectivity index (χ1v) is 4.82.